The number of rotatable bonds is 4. The molecule has 124 valence electrons. The van der Waals surface area contributed by atoms with E-state index in [1.807, 2.05) is 32.3 Å². The van der Waals surface area contributed by atoms with Gasteiger partial charge in [-0.1, -0.05) is 15.9 Å². The number of halogens is 1. The van der Waals surface area contributed by atoms with Crippen molar-refractivity contribution in [1.29, 1.82) is 0 Å². The van der Waals surface area contributed by atoms with Gasteiger partial charge in [0.05, 0.1) is 25.9 Å². The zero-order valence-electron chi connectivity index (χ0n) is 13.2. The number of nitrogens with one attached hydrogen (secondary N) is 1. The molecule has 7 nitrogen and oxygen atoms in total. The van der Waals surface area contributed by atoms with Crippen LogP contribution in [0.5, 0.6) is 5.88 Å². The summed E-state index contributed by atoms with van der Waals surface area (Å²) in [6, 6.07) is 8.72. The third-order valence-electron chi connectivity index (χ3n) is 3.42. The van der Waals surface area contributed by atoms with Gasteiger partial charge in [-0.15, -0.1) is 10.2 Å². The Labute approximate surface area is 146 Å². The second-order valence-electron chi connectivity index (χ2n) is 5.61. The number of hydrogen-bond acceptors (Lipinski definition) is 4. The average molecular weight is 392 g/mol. The van der Waals surface area contributed by atoms with Gasteiger partial charge in [-0.3, -0.25) is 9.36 Å². The first-order valence-electron chi connectivity index (χ1n) is 7.26. The fourth-order valence-electron chi connectivity index (χ4n) is 2.42. The number of fused-ring (bicyclic) bond motifs is 1. The van der Waals surface area contributed by atoms with Crippen LogP contribution in [0.4, 0.5) is 5.69 Å². The first kappa shape index (κ1) is 16.4. The second kappa shape index (κ2) is 6.58. The van der Waals surface area contributed by atoms with E-state index >= 15 is 0 Å². The van der Waals surface area contributed by atoms with E-state index < -0.39 is 5.91 Å². The first-order valence-corrected chi connectivity index (χ1v) is 8.06. The molecular weight excluding hydrogens is 376 g/mol. The minimum absolute atomic E-state index is 0.0275. The monoisotopic (exact) mass is 391 g/mol. The summed E-state index contributed by atoms with van der Waals surface area (Å²) in [4.78, 5) is 13.0. The van der Waals surface area contributed by atoms with Crippen LogP contribution < -0.4 is 4.90 Å². The van der Waals surface area contributed by atoms with E-state index in [4.69, 9.17) is 4.42 Å². The number of carbonyl (C=O) groups excluding carboxylic acids is 1. The van der Waals surface area contributed by atoms with Crippen LogP contribution in [0, 0.1) is 0 Å². The number of nitrogens with zero attached hydrogens (tertiary/aromatic N) is 3. The quantitative estimate of drug-likeness (QED) is 0.670. The molecule has 0 spiro atoms. The third-order valence-corrected chi connectivity index (χ3v) is 3.91. The number of aromatic hydroxyl groups is 1. The molecule has 2 heterocycles. The van der Waals surface area contributed by atoms with Crippen molar-refractivity contribution in [3.8, 4) is 5.88 Å². The lowest BCUT2D eigenvalue weighted by atomic mass is 10.2. The van der Waals surface area contributed by atoms with Crippen LogP contribution >= 0.6 is 15.9 Å². The molecule has 3 rings (SSSR count). The number of quaternary nitrogens is 1. The SMILES string of the molecule is C[NH+](C)Cn1c(O)c(N=NC(=O)c2ccco2)c2cc(Br)ccc21. The number of hydrogen-bond donors (Lipinski definition) is 2. The van der Waals surface area contributed by atoms with E-state index in [-0.39, 0.29) is 17.3 Å². The molecule has 0 bridgehead atoms. The summed E-state index contributed by atoms with van der Waals surface area (Å²) in [5, 5.41) is 18.9. The zero-order chi connectivity index (χ0) is 17.3. The Balaban J connectivity index is 2.08. The van der Waals surface area contributed by atoms with Gasteiger partial charge in [0.15, 0.2) is 18.1 Å². The number of carbonyl (C=O) groups is 1. The molecule has 0 saturated heterocycles. The van der Waals surface area contributed by atoms with Gasteiger partial charge >= 0.3 is 5.91 Å². The van der Waals surface area contributed by atoms with E-state index in [9.17, 15) is 9.90 Å². The van der Waals surface area contributed by atoms with Crippen molar-refractivity contribution in [1.82, 2.24) is 4.57 Å². The van der Waals surface area contributed by atoms with Crippen LogP contribution in [0.25, 0.3) is 10.9 Å². The third kappa shape index (κ3) is 3.10. The minimum atomic E-state index is -0.603. The van der Waals surface area contributed by atoms with E-state index in [1.165, 1.54) is 12.3 Å². The molecule has 2 N–H and O–H groups in total. The topological polar surface area (TPSA) is 84.5 Å². The van der Waals surface area contributed by atoms with Crippen LogP contribution in [-0.2, 0) is 6.67 Å². The summed E-state index contributed by atoms with van der Waals surface area (Å²) in [5.74, 6) is -0.533. The molecule has 0 aliphatic rings. The van der Waals surface area contributed by atoms with Gasteiger partial charge < -0.3 is 14.4 Å². The molecule has 0 aliphatic heterocycles. The average Bonchev–Trinajstić information content (AvgIpc) is 3.14. The maximum atomic E-state index is 11.9. The Bertz CT molecular complexity index is 913. The molecule has 0 aliphatic carbocycles. The standard InChI is InChI=1S/C16H15BrN4O3/c1-20(2)9-21-12-6-5-10(17)8-11(12)14(16(21)23)18-19-15(22)13-4-3-7-24-13/h3-8,23H,9H2,1-2H3/p+1. The molecule has 3 aromatic rings. The van der Waals surface area contributed by atoms with Crippen molar-refractivity contribution < 1.29 is 19.2 Å². The summed E-state index contributed by atoms with van der Waals surface area (Å²) < 4.78 is 7.58. The molecule has 24 heavy (non-hydrogen) atoms. The van der Waals surface area contributed by atoms with Crippen LogP contribution in [0.3, 0.4) is 0 Å². The summed E-state index contributed by atoms with van der Waals surface area (Å²) in [6.45, 7) is 0.547. The zero-order valence-corrected chi connectivity index (χ0v) is 14.7. The highest BCUT2D eigenvalue weighted by Crippen LogP contribution is 2.39. The second-order valence-corrected chi connectivity index (χ2v) is 6.53. The van der Waals surface area contributed by atoms with Crippen molar-refractivity contribution >= 4 is 38.4 Å². The molecular formula is C16H16BrN4O3+. The largest absolute Gasteiger partial charge is 0.493 e. The Morgan fingerprint density at radius 3 is 2.83 bits per heavy atom. The van der Waals surface area contributed by atoms with Gasteiger partial charge in [-0.2, -0.15) is 0 Å². The Hall–Kier alpha value is -2.45. The highest BCUT2D eigenvalue weighted by atomic mass is 79.9. The minimum Gasteiger partial charge on any atom is -0.493 e. The highest BCUT2D eigenvalue weighted by molar-refractivity contribution is 9.10. The first-order chi connectivity index (χ1) is 11.5. The Morgan fingerprint density at radius 2 is 2.17 bits per heavy atom. The number of azo groups is 1. The fourth-order valence-corrected chi connectivity index (χ4v) is 2.78. The van der Waals surface area contributed by atoms with Crippen LogP contribution in [0.2, 0.25) is 0 Å². The molecule has 8 heteroatoms. The lowest BCUT2D eigenvalue weighted by molar-refractivity contribution is -0.882. The molecule has 0 unspecified atom stereocenters. The van der Waals surface area contributed by atoms with Crippen molar-refractivity contribution in [3.05, 3.63) is 46.8 Å². The molecule has 0 saturated carbocycles. The molecule has 0 fully saturated rings. The van der Waals surface area contributed by atoms with Crippen molar-refractivity contribution in [2.45, 2.75) is 6.67 Å². The maximum absolute atomic E-state index is 11.9. The predicted octanol–water partition coefficient (Wildman–Crippen LogP) is 2.73. The normalized spacial score (nSPS) is 11.8. The predicted molar refractivity (Wildman–Crippen MR) is 91.7 cm³/mol. The summed E-state index contributed by atoms with van der Waals surface area (Å²) in [7, 11) is 3.96. The molecule has 1 amide bonds. The van der Waals surface area contributed by atoms with Gasteiger partial charge in [-0.25, -0.2) is 0 Å². The van der Waals surface area contributed by atoms with Crippen LogP contribution in [-0.4, -0.2) is 29.7 Å². The van der Waals surface area contributed by atoms with Crippen molar-refractivity contribution in [3.63, 3.8) is 0 Å². The van der Waals surface area contributed by atoms with E-state index in [0.717, 1.165) is 14.9 Å². The number of benzene rings is 1. The van der Waals surface area contributed by atoms with E-state index in [0.29, 0.717) is 12.1 Å². The van der Waals surface area contributed by atoms with Gasteiger partial charge in [0, 0.05) is 9.86 Å². The summed E-state index contributed by atoms with van der Waals surface area (Å²) in [5.41, 5.74) is 1.07. The van der Waals surface area contributed by atoms with Gasteiger partial charge in [-0.05, 0) is 30.3 Å². The van der Waals surface area contributed by atoms with Crippen LogP contribution in [0.1, 0.15) is 10.6 Å². The molecule has 0 atom stereocenters. The fraction of sp³-hybridized carbons (Fsp3) is 0.188. The van der Waals surface area contributed by atoms with Gasteiger partial charge in [0.2, 0.25) is 5.88 Å². The summed E-state index contributed by atoms with van der Waals surface area (Å²) >= 11 is 3.41. The highest BCUT2D eigenvalue weighted by Gasteiger charge is 2.19. The maximum Gasteiger partial charge on any atom is 0.331 e. The molecule has 0 radical (unpaired) electrons. The number of aromatic nitrogens is 1. The van der Waals surface area contributed by atoms with Gasteiger partial charge in [0.25, 0.3) is 0 Å². The van der Waals surface area contributed by atoms with E-state index in [2.05, 4.69) is 26.2 Å². The van der Waals surface area contributed by atoms with Crippen molar-refractivity contribution in [2.75, 3.05) is 14.1 Å². The van der Waals surface area contributed by atoms with Crippen LogP contribution in [0.15, 0.2) is 55.7 Å². The summed E-state index contributed by atoms with van der Waals surface area (Å²) in [6.07, 6.45) is 1.39. The number of furan rings is 1. The Kier molecular flexibility index (Phi) is 4.50. The van der Waals surface area contributed by atoms with E-state index in [1.54, 1.807) is 10.6 Å². The van der Waals surface area contributed by atoms with Crippen molar-refractivity contribution in [2.24, 2.45) is 10.2 Å². The lowest BCUT2D eigenvalue weighted by Crippen LogP contribution is -3.04. The molecule has 2 aromatic heterocycles. The number of amides is 1. The lowest BCUT2D eigenvalue weighted by Gasteiger charge is -2.10. The molecule has 1 aromatic carbocycles. The smallest absolute Gasteiger partial charge is 0.331 e. The van der Waals surface area contributed by atoms with Gasteiger partial charge in [0.1, 0.15) is 0 Å². The Morgan fingerprint density at radius 1 is 1.38 bits per heavy atom.